The fraction of sp³-hybridized carbons (Fsp3) is 0.278. The summed E-state index contributed by atoms with van der Waals surface area (Å²) in [6.07, 6.45) is 1.80. The Bertz CT molecular complexity index is 987. The zero-order chi connectivity index (χ0) is 18.1. The van der Waals surface area contributed by atoms with Crippen LogP contribution in [0.2, 0.25) is 0 Å². The van der Waals surface area contributed by atoms with E-state index in [-0.39, 0.29) is 5.56 Å². The number of aromatic nitrogens is 3. The van der Waals surface area contributed by atoms with Crippen LogP contribution in [0.1, 0.15) is 16.8 Å². The van der Waals surface area contributed by atoms with E-state index in [0.29, 0.717) is 42.3 Å². The third-order valence-electron chi connectivity index (χ3n) is 4.38. The molecule has 0 aromatic carbocycles. The van der Waals surface area contributed by atoms with Crippen molar-refractivity contribution in [1.29, 1.82) is 0 Å². The van der Waals surface area contributed by atoms with Gasteiger partial charge in [-0.15, -0.1) is 11.3 Å². The van der Waals surface area contributed by atoms with E-state index in [4.69, 9.17) is 4.74 Å². The zero-order valence-corrected chi connectivity index (χ0v) is 15.0. The van der Waals surface area contributed by atoms with Crippen molar-refractivity contribution in [2.45, 2.75) is 19.5 Å². The van der Waals surface area contributed by atoms with Crippen LogP contribution in [0.3, 0.4) is 0 Å². The van der Waals surface area contributed by atoms with E-state index in [9.17, 15) is 9.18 Å². The lowest BCUT2D eigenvalue weighted by atomic mass is 10.1. The molecule has 8 heteroatoms. The number of halogens is 1. The van der Waals surface area contributed by atoms with Gasteiger partial charge in [0, 0.05) is 31.6 Å². The minimum absolute atomic E-state index is 0.118. The molecule has 3 aromatic rings. The fourth-order valence-electron chi connectivity index (χ4n) is 3.15. The molecule has 0 unspecified atom stereocenters. The fourth-order valence-corrected chi connectivity index (χ4v) is 3.82. The lowest BCUT2D eigenvalue weighted by Gasteiger charge is -2.28. The van der Waals surface area contributed by atoms with Gasteiger partial charge in [-0.3, -0.25) is 9.69 Å². The number of rotatable bonds is 4. The molecule has 0 atom stereocenters. The summed E-state index contributed by atoms with van der Waals surface area (Å²) in [6.45, 7) is 1.65. The van der Waals surface area contributed by atoms with Gasteiger partial charge in [-0.2, -0.15) is 0 Å². The molecule has 3 aromatic heterocycles. The Labute approximate surface area is 153 Å². The highest BCUT2D eigenvalue weighted by Crippen LogP contribution is 2.24. The van der Waals surface area contributed by atoms with Crippen molar-refractivity contribution in [1.82, 2.24) is 19.9 Å². The minimum Gasteiger partial charge on any atom is -0.481 e. The molecular formula is C18H17FN4O2S. The molecule has 6 nitrogen and oxygen atoms in total. The zero-order valence-electron chi connectivity index (χ0n) is 14.2. The predicted molar refractivity (Wildman–Crippen MR) is 96.7 cm³/mol. The molecule has 0 radical (unpaired) electrons. The number of methoxy groups -OCH3 is 1. The first-order chi connectivity index (χ1) is 12.6. The topological polar surface area (TPSA) is 71.1 Å². The van der Waals surface area contributed by atoms with Crippen molar-refractivity contribution >= 4 is 11.3 Å². The first kappa shape index (κ1) is 16.9. The van der Waals surface area contributed by atoms with Gasteiger partial charge in [-0.05, 0) is 17.5 Å². The average molecular weight is 372 g/mol. The van der Waals surface area contributed by atoms with Crippen LogP contribution < -0.4 is 10.3 Å². The molecule has 134 valence electrons. The SMILES string of the molecule is COc1ncc(F)cc1CN1CCc2nc(-c3cccs3)[nH]c(=O)c2C1. The van der Waals surface area contributed by atoms with Gasteiger partial charge < -0.3 is 9.72 Å². The number of nitrogens with one attached hydrogen (secondary N) is 1. The van der Waals surface area contributed by atoms with E-state index < -0.39 is 5.82 Å². The van der Waals surface area contributed by atoms with Crippen LogP contribution in [0.25, 0.3) is 10.7 Å². The summed E-state index contributed by atoms with van der Waals surface area (Å²) >= 11 is 1.54. The number of hydrogen-bond acceptors (Lipinski definition) is 6. The average Bonchev–Trinajstić information content (AvgIpc) is 3.17. The number of aromatic amines is 1. The van der Waals surface area contributed by atoms with Crippen LogP contribution in [0.5, 0.6) is 5.88 Å². The molecule has 1 aliphatic heterocycles. The molecule has 0 aliphatic carbocycles. The molecular weight excluding hydrogens is 355 g/mol. The van der Waals surface area contributed by atoms with Crippen LogP contribution in [0.4, 0.5) is 4.39 Å². The molecule has 0 amide bonds. The van der Waals surface area contributed by atoms with Gasteiger partial charge in [0.05, 0.1) is 29.4 Å². The van der Waals surface area contributed by atoms with E-state index in [0.717, 1.165) is 23.3 Å². The number of H-pyrrole nitrogens is 1. The molecule has 1 N–H and O–H groups in total. The van der Waals surface area contributed by atoms with E-state index >= 15 is 0 Å². The molecule has 0 bridgehead atoms. The normalized spacial score (nSPS) is 14.2. The van der Waals surface area contributed by atoms with Crippen molar-refractivity contribution in [3.05, 3.63) is 62.8 Å². The molecule has 0 saturated carbocycles. The Morgan fingerprint density at radius 2 is 2.35 bits per heavy atom. The van der Waals surface area contributed by atoms with E-state index in [1.807, 2.05) is 17.5 Å². The van der Waals surface area contributed by atoms with Gasteiger partial charge >= 0.3 is 0 Å². The Morgan fingerprint density at radius 3 is 3.12 bits per heavy atom. The minimum atomic E-state index is -0.404. The molecule has 0 fully saturated rings. The van der Waals surface area contributed by atoms with Gasteiger partial charge in [0.2, 0.25) is 5.88 Å². The van der Waals surface area contributed by atoms with Gasteiger partial charge in [-0.1, -0.05) is 6.07 Å². The number of thiophene rings is 1. The first-order valence-corrected chi connectivity index (χ1v) is 9.08. The highest BCUT2D eigenvalue weighted by Gasteiger charge is 2.23. The highest BCUT2D eigenvalue weighted by atomic mass is 32.1. The third-order valence-corrected chi connectivity index (χ3v) is 5.26. The summed E-state index contributed by atoms with van der Waals surface area (Å²) in [4.78, 5) is 27.0. The largest absolute Gasteiger partial charge is 0.481 e. The van der Waals surface area contributed by atoms with Crippen LogP contribution in [0, 0.1) is 5.82 Å². The first-order valence-electron chi connectivity index (χ1n) is 8.21. The summed E-state index contributed by atoms with van der Waals surface area (Å²) < 4.78 is 18.7. The Morgan fingerprint density at radius 1 is 1.46 bits per heavy atom. The number of hydrogen-bond donors (Lipinski definition) is 1. The third kappa shape index (κ3) is 3.25. The molecule has 1 aliphatic rings. The van der Waals surface area contributed by atoms with E-state index in [2.05, 4.69) is 19.9 Å². The van der Waals surface area contributed by atoms with Crippen molar-refractivity contribution in [3.8, 4) is 16.6 Å². The standard InChI is InChI=1S/C18H17FN4O2S/c1-25-18-11(7-12(19)8-20-18)9-23-5-4-14-13(10-23)17(24)22-16(21-14)15-3-2-6-26-15/h2-3,6-8H,4-5,9-10H2,1H3,(H,21,22,24). The van der Waals surface area contributed by atoms with Crippen LogP contribution in [0.15, 0.2) is 34.6 Å². The Balaban J connectivity index is 1.59. The van der Waals surface area contributed by atoms with Crippen LogP contribution in [-0.4, -0.2) is 33.5 Å². The number of nitrogens with zero attached hydrogens (tertiary/aromatic N) is 3. The maximum absolute atomic E-state index is 13.5. The summed E-state index contributed by atoms with van der Waals surface area (Å²) in [5, 5.41) is 1.96. The van der Waals surface area contributed by atoms with E-state index in [1.54, 1.807) is 11.3 Å². The Hall–Kier alpha value is -2.58. The maximum atomic E-state index is 13.5. The lowest BCUT2D eigenvalue weighted by Crippen LogP contribution is -2.35. The van der Waals surface area contributed by atoms with Gasteiger partial charge in [-0.25, -0.2) is 14.4 Å². The molecule has 4 rings (SSSR count). The molecule has 4 heterocycles. The summed E-state index contributed by atoms with van der Waals surface area (Å²) in [5.74, 6) is 0.615. The van der Waals surface area contributed by atoms with Gasteiger partial charge in [0.15, 0.2) is 5.82 Å². The number of pyridine rings is 1. The lowest BCUT2D eigenvalue weighted by molar-refractivity contribution is 0.236. The van der Waals surface area contributed by atoms with Crippen molar-refractivity contribution in [2.24, 2.45) is 0 Å². The Kier molecular flexibility index (Phi) is 4.52. The molecule has 26 heavy (non-hydrogen) atoms. The summed E-state index contributed by atoms with van der Waals surface area (Å²) in [6, 6.07) is 5.29. The van der Waals surface area contributed by atoms with E-state index in [1.165, 1.54) is 13.2 Å². The maximum Gasteiger partial charge on any atom is 0.255 e. The number of ether oxygens (including phenoxy) is 1. The van der Waals surface area contributed by atoms with Crippen LogP contribution in [-0.2, 0) is 19.5 Å². The monoisotopic (exact) mass is 372 g/mol. The van der Waals surface area contributed by atoms with Gasteiger partial charge in [0.1, 0.15) is 5.82 Å². The van der Waals surface area contributed by atoms with Crippen molar-refractivity contribution in [3.63, 3.8) is 0 Å². The quantitative estimate of drug-likeness (QED) is 0.762. The predicted octanol–water partition coefficient (Wildman–Crippen LogP) is 2.60. The van der Waals surface area contributed by atoms with Gasteiger partial charge in [0.25, 0.3) is 5.56 Å². The summed E-state index contributed by atoms with van der Waals surface area (Å²) in [7, 11) is 1.51. The van der Waals surface area contributed by atoms with Crippen molar-refractivity contribution < 1.29 is 9.13 Å². The van der Waals surface area contributed by atoms with Crippen molar-refractivity contribution in [2.75, 3.05) is 13.7 Å². The van der Waals surface area contributed by atoms with Crippen LogP contribution >= 0.6 is 11.3 Å². The molecule has 0 saturated heterocycles. The summed E-state index contributed by atoms with van der Waals surface area (Å²) in [5.41, 5.74) is 2.04. The highest BCUT2D eigenvalue weighted by molar-refractivity contribution is 7.13. The smallest absolute Gasteiger partial charge is 0.255 e. The second-order valence-corrected chi connectivity index (χ2v) is 7.05. The number of fused-ring (bicyclic) bond motifs is 1. The molecule has 0 spiro atoms. The second kappa shape index (κ2) is 6.97. The second-order valence-electron chi connectivity index (χ2n) is 6.10.